The number of methoxy groups -OCH3 is 1. The quantitative estimate of drug-likeness (QED) is 0.804. The van der Waals surface area contributed by atoms with Crippen LogP contribution >= 0.6 is 0 Å². The molecule has 0 saturated heterocycles. The fourth-order valence-electron chi connectivity index (χ4n) is 1.67. The Kier molecular flexibility index (Phi) is 4.71. The lowest BCUT2D eigenvalue weighted by atomic mass is 9.88. The van der Waals surface area contributed by atoms with E-state index < -0.39 is 23.8 Å². The zero-order valence-electron chi connectivity index (χ0n) is 10.3. The van der Waals surface area contributed by atoms with E-state index >= 15 is 0 Å². The molecule has 0 bridgehead atoms. The third-order valence-corrected chi connectivity index (χ3v) is 2.92. The number of ether oxygens (including phenoxy) is 1. The highest BCUT2D eigenvalue weighted by atomic mass is 16.5. The Labute approximate surface area is 105 Å². The smallest absolute Gasteiger partial charge is 0.307 e. The minimum Gasteiger partial charge on any atom is -0.497 e. The van der Waals surface area contributed by atoms with Crippen LogP contribution in [0.15, 0.2) is 24.3 Å². The van der Waals surface area contributed by atoms with Crippen LogP contribution in [0.25, 0.3) is 0 Å². The molecule has 0 fully saturated rings. The number of aliphatic carboxylic acids is 2. The molecule has 0 amide bonds. The SMILES string of the molecule is COc1ccc(C[C@@H](C(=O)O)[C@@H](C)C(=O)O)cc1. The van der Waals surface area contributed by atoms with Gasteiger partial charge in [-0.3, -0.25) is 9.59 Å². The molecule has 0 unspecified atom stereocenters. The molecular weight excluding hydrogens is 236 g/mol. The number of benzene rings is 1. The van der Waals surface area contributed by atoms with Crippen molar-refractivity contribution >= 4 is 11.9 Å². The second kappa shape index (κ2) is 6.05. The topological polar surface area (TPSA) is 83.8 Å². The van der Waals surface area contributed by atoms with Gasteiger partial charge in [0.15, 0.2) is 0 Å². The molecule has 2 atom stereocenters. The second-order valence-corrected chi connectivity index (χ2v) is 4.12. The standard InChI is InChI=1S/C13H16O5/c1-8(12(14)15)11(13(16)17)7-9-3-5-10(18-2)6-4-9/h3-6,8,11H,7H2,1-2H3,(H,14,15)(H,16,17)/t8-,11-/m1/s1. The van der Waals surface area contributed by atoms with Crippen molar-refractivity contribution in [2.75, 3.05) is 7.11 Å². The molecule has 0 aliphatic rings. The van der Waals surface area contributed by atoms with Crippen LogP contribution in [0.2, 0.25) is 0 Å². The lowest BCUT2D eigenvalue weighted by Crippen LogP contribution is -2.29. The van der Waals surface area contributed by atoms with Crippen molar-refractivity contribution in [3.05, 3.63) is 29.8 Å². The second-order valence-electron chi connectivity index (χ2n) is 4.12. The van der Waals surface area contributed by atoms with Crippen LogP contribution in [0.1, 0.15) is 12.5 Å². The van der Waals surface area contributed by atoms with Gasteiger partial charge in [0.2, 0.25) is 0 Å². The van der Waals surface area contributed by atoms with Crippen LogP contribution in [0.4, 0.5) is 0 Å². The maximum absolute atomic E-state index is 11.1. The van der Waals surface area contributed by atoms with Crippen molar-refractivity contribution in [3.63, 3.8) is 0 Å². The number of carboxylic acids is 2. The third-order valence-electron chi connectivity index (χ3n) is 2.92. The first kappa shape index (κ1) is 14.0. The van der Waals surface area contributed by atoms with E-state index in [1.807, 2.05) is 0 Å². The van der Waals surface area contributed by atoms with Crippen LogP contribution < -0.4 is 4.74 Å². The van der Waals surface area contributed by atoms with Gasteiger partial charge in [0.25, 0.3) is 0 Å². The number of hydrogen-bond acceptors (Lipinski definition) is 3. The average molecular weight is 252 g/mol. The van der Waals surface area contributed by atoms with Crippen molar-refractivity contribution in [2.24, 2.45) is 11.8 Å². The van der Waals surface area contributed by atoms with Crippen molar-refractivity contribution in [2.45, 2.75) is 13.3 Å². The van der Waals surface area contributed by atoms with E-state index in [0.29, 0.717) is 5.75 Å². The molecule has 98 valence electrons. The van der Waals surface area contributed by atoms with Gasteiger partial charge in [-0.15, -0.1) is 0 Å². The molecule has 0 radical (unpaired) electrons. The summed E-state index contributed by atoms with van der Waals surface area (Å²) in [7, 11) is 1.54. The normalized spacial score (nSPS) is 13.7. The average Bonchev–Trinajstić information content (AvgIpc) is 2.35. The lowest BCUT2D eigenvalue weighted by Gasteiger charge is -2.16. The maximum Gasteiger partial charge on any atom is 0.307 e. The summed E-state index contributed by atoms with van der Waals surface area (Å²) in [4.78, 5) is 21.9. The number of carbonyl (C=O) groups is 2. The van der Waals surface area contributed by atoms with Crippen molar-refractivity contribution in [3.8, 4) is 5.75 Å². The first-order valence-corrected chi connectivity index (χ1v) is 5.54. The third kappa shape index (κ3) is 3.48. The Morgan fingerprint density at radius 3 is 2.11 bits per heavy atom. The molecule has 1 aromatic rings. The molecular formula is C13H16O5. The van der Waals surface area contributed by atoms with Crippen LogP contribution in [-0.2, 0) is 16.0 Å². The monoisotopic (exact) mass is 252 g/mol. The Balaban J connectivity index is 2.83. The van der Waals surface area contributed by atoms with Crippen LogP contribution in [0.3, 0.4) is 0 Å². The van der Waals surface area contributed by atoms with E-state index in [0.717, 1.165) is 5.56 Å². The molecule has 0 aromatic heterocycles. The summed E-state index contributed by atoms with van der Waals surface area (Å²) in [5, 5.41) is 17.9. The van der Waals surface area contributed by atoms with Crippen LogP contribution in [0.5, 0.6) is 5.75 Å². The van der Waals surface area contributed by atoms with Crippen LogP contribution in [0, 0.1) is 11.8 Å². The first-order chi connectivity index (χ1) is 8.45. The van der Waals surface area contributed by atoms with Gasteiger partial charge in [0, 0.05) is 0 Å². The molecule has 1 rings (SSSR count). The zero-order chi connectivity index (χ0) is 13.7. The van der Waals surface area contributed by atoms with Crippen molar-refractivity contribution < 1.29 is 24.5 Å². The van der Waals surface area contributed by atoms with E-state index in [-0.39, 0.29) is 6.42 Å². The summed E-state index contributed by atoms with van der Waals surface area (Å²) in [6.07, 6.45) is 0.187. The van der Waals surface area contributed by atoms with Gasteiger partial charge in [-0.1, -0.05) is 19.1 Å². The van der Waals surface area contributed by atoms with E-state index in [1.165, 1.54) is 6.92 Å². The minimum atomic E-state index is -1.10. The molecule has 18 heavy (non-hydrogen) atoms. The highest BCUT2D eigenvalue weighted by molar-refractivity contribution is 5.79. The summed E-state index contributed by atoms with van der Waals surface area (Å²) < 4.78 is 5.00. The van der Waals surface area contributed by atoms with E-state index in [4.69, 9.17) is 14.9 Å². The molecule has 5 heteroatoms. The summed E-state index contributed by atoms with van der Waals surface area (Å²) >= 11 is 0. The highest BCUT2D eigenvalue weighted by Gasteiger charge is 2.29. The molecule has 2 N–H and O–H groups in total. The molecule has 0 heterocycles. The Bertz CT molecular complexity index is 424. The Hall–Kier alpha value is -2.04. The van der Waals surface area contributed by atoms with Crippen molar-refractivity contribution in [1.82, 2.24) is 0 Å². The number of rotatable bonds is 6. The van der Waals surface area contributed by atoms with Gasteiger partial charge >= 0.3 is 11.9 Å². The van der Waals surface area contributed by atoms with Gasteiger partial charge in [0.1, 0.15) is 5.75 Å². The fraction of sp³-hybridized carbons (Fsp3) is 0.385. The summed E-state index contributed by atoms with van der Waals surface area (Å²) in [6, 6.07) is 6.92. The minimum absolute atomic E-state index is 0.187. The molecule has 0 aliphatic carbocycles. The predicted molar refractivity (Wildman–Crippen MR) is 64.6 cm³/mol. The Morgan fingerprint density at radius 2 is 1.72 bits per heavy atom. The van der Waals surface area contributed by atoms with E-state index in [1.54, 1.807) is 31.4 Å². The molecule has 1 aromatic carbocycles. The number of carboxylic acid groups (broad SMARTS) is 2. The van der Waals surface area contributed by atoms with Crippen LogP contribution in [-0.4, -0.2) is 29.3 Å². The van der Waals surface area contributed by atoms with Gasteiger partial charge in [-0.2, -0.15) is 0 Å². The maximum atomic E-state index is 11.1. The van der Waals surface area contributed by atoms with Gasteiger partial charge in [-0.25, -0.2) is 0 Å². The van der Waals surface area contributed by atoms with Gasteiger partial charge in [-0.05, 0) is 24.1 Å². The predicted octanol–water partition coefficient (Wildman–Crippen LogP) is 1.66. The summed E-state index contributed by atoms with van der Waals surface area (Å²) in [6.45, 7) is 1.41. The largest absolute Gasteiger partial charge is 0.497 e. The van der Waals surface area contributed by atoms with Gasteiger partial charge in [0.05, 0.1) is 18.9 Å². The molecule has 5 nitrogen and oxygen atoms in total. The molecule has 0 spiro atoms. The zero-order valence-corrected chi connectivity index (χ0v) is 10.3. The first-order valence-electron chi connectivity index (χ1n) is 5.54. The fourth-order valence-corrected chi connectivity index (χ4v) is 1.67. The molecule has 0 saturated carbocycles. The van der Waals surface area contributed by atoms with E-state index in [2.05, 4.69) is 0 Å². The molecule has 0 aliphatic heterocycles. The Morgan fingerprint density at radius 1 is 1.17 bits per heavy atom. The summed E-state index contributed by atoms with van der Waals surface area (Å²) in [5.41, 5.74) is 0.774. The highest BCUT2D eigenvalue weighted by Crippen LogP contribution is 2.20. The van der Waals surface area contributed by atoms with Crippen molar-refractivity contribution in [1.29, 1.82) is 0 Å². The summed E-state index contributed by atoms with van der Waals surface area (Å²) in [5.74, 6) is -3.38. The van der Waals surface area contributed by atoms with Gasteiger partial charge < -0.3 is 14.9 Å². The lowest BCUT2D eigenvalue weighted by molar-refractivity contribution is -0.152. The number of hydrogen-bond donors (Lipinski definition) is 2. The van der Waals surface area contributed by atoms with E-state index in [9.17, 15) is 9.59 Å².